The van der Waals surface area contributed by atoms with Gasteiger partial charge in [-0.15, -0.1) is 0 Å². The molecule has 3 atom stereocenters. The fraction of sp³-hybridized carbons (Fsp3) is 0.512. The van der Waals surface area contributed by atoms with E-state index < -0.39 is 17.6 Å². The van der Waals surface area contributed by atoms with Crippen LogP contribution in [0.2, 0.25) is 15.1 Å². The van der Waals surface area contributed by atoms with Crippen LogP contribution in [0, 0.1) is 12.8 Å². The van der Waals surface area contributed by atoms with E-state index in [1.165, 1.54) is 6.92 Å². The van der Waals surface area contributed by atoms with Crippen molar-refractivity contribution in [1.82, 2.24) is 20.1 Å². The summed E-state index contributed by atoms with van der Waals surface area (Å²) < 4.78 is 12.0. The number of benzene rings is 2. The lowest BCUT2D eigenvalue weighted by molar-refractivity contribution is -0.139. The first kappa shape index (κ1) is 39.9. The predicted molar refractivity (Wildman–Crippen MR) is 213 cm³/mol. The van der Waals surface area contributed by atoms with Crippen molar-refractivity contribution in [3.05, 3.63) is 86.0 Å². The second kappa shape index (κ2) is 17.0. The molecule has 3 aromatic rings. The summed E-state index contributed by atoms with van der Waals surface area (Å²) in [5.41, 5.74) is 3.16. The van der Waals surface area contributed by atoms with Crippen LogP contribution < -0.4 is 15.0 Å². The Morgan fingerprint density at radius 1 is 0.944 bits per heavy atom. The van der Waals surface area contributed by atoms with E-state index in [9.17, 15) is 14.4 Å². The van der Waals surface area contributed by atoms with Crippen molar-refractivity contribution >= 4 is 58.5 Å². The summed E-state index contributed by atoms with van der Waals surface area (Å²) in [5, 5.41) is 4.43. The first-order valence-electron chi connectivity index (χ1n) is 18.8. The Hall–Kier alpha value is -3.73. The van der Waals surface area contributed by atoms with Gasteiger partial charge in [0.15, 0.2) is 5.75 Å². The third-order valence-electron chi connectivity index (χ3n) is 10.2. The Bertz CT molecular complexity index is 1820. The van der Waals surface area contributed by atoms with Crippen molar-refractivity contribution in [3.63, 3.8) is 0 Å². The molecule has 1 aliphatic carbocycles. The quantitative estimate of drug-likeness (QED) is 0.209. The molecule has 13 heteroatoms. The first-order chi connectivity index (χ1) is 25.6. The lowest BCUT2D eigenvalue weighted by Crippen LogP contribution is -2.51. The summed E-state index contributed by atoms with van der Waals surface area (Å²) in [5.74, 6) is 0.588. The number of likely N-dealkylation sites (tertiary alicyclic amines) is 1. The normalized spacial score (nSPS) is 20.1. The number of carbonyl (C=O) groups is 3. The SMILES string of the molecule is CC(=O)NCCc1ccc(Cl)c(CN(C(=O)[C@H]2CN(C(=O)OC(C)(C)C)CC[C@@H]2c2ccc(N3CC[C@@H](Oc4c(Cl)cc(C)cc4Cl)C3)nc2)C2CC2)c1. The molecule has 0 radical (unpaired) electrons. The minimum absolute atomic E-state index is 0.00693. The predicted octanol–water partition coefficient (Wildman–Crippen LogP) is 8.22. The van der Waals surface area contributed by atoms with E-state index in [1.54, 1.807) is 4.90 Å². The number of hydrogen-bond acceptors (Lipinski definition) is 7. The number of anilines is 1. The van der Waals surface area contributed by atoms with E-state index in [2.05, 4.69) is 16.3 Å². The summed E-state index contributed by atoms with van der Waals surface area (Å²) in [6.07, 6.45) is 5.23. The Morgan fingerprint density at radius 2 is 1.69 bits per heavy atom. The summed E-state index contributed by atoms with van der Waals surface area (Å²) in [6, 6.07) is 13.7. The van der Waals surface area contributed by atoms with Gasteiger partial charge >= 0.3 is 6.09 Å². The summed E-state index contributed by atoms with van der Waals surface area (Å²) >= 11 is 19.6. The number of hydrogen-bond donors (Lipinski definition) is 1. The van der Waals surface area contributed by atoms with Crippen molar-refractivity contribution < 1.29 is 23.9 Å². The van der Waals surface area contributed by atoms with E-state index in [1.807, 2.05) is 75.2 Å². The van der Waals surface area contributed by atoms with Crippen LogP contribution >= 0.6 is 34.8 Å². The molecule has 1 N–H and O–H groups in total. The lowest BCUT2D eigenvalue weighted by Gasteiger charge is -2.40. The van der Waals surface area contributed by atoms with Crippen LogP contribution in [0.1, 0.15) is 81.5 Å². The van der Waals surface area contributed by atoms with Crippen molar-refractivity contribution in [2.75, 3.05) is 37.6 Å². The minimum atomic E-state index is -0.660. The highest BCUT2D eigenvalue weighted by Crippen LogP contribution is 2.40. The van der Waals surface area contributed by atoms with Gasteiger partial charge in [0, 0.05) is 69.2 Å². The van der Waals surface area contributed by atoms with Gasteiger partial charge in [0.05, 0.1) is 22.5 Å². The van der Waals surface area contributed by atoms with Gasteiger partial charge in [-0.05, 0) is 99.9 Å². The molecule has 0 unspecified atom stereocenters. The Kier molecular flexibility index (Phi) is 12.5. The molecule has 290 valence electrons. The zero-order valence-electron chi connectivity index (χ0n) is 31.7. The van der Waals surface area contributed by atoms with Crippen molar-refractivity contribution in [2.45, 2.75) is 96.9 Å². The average molecular weight is 799 g/mol. The molecule has 3 fully saturated rings. The van der Waals surface area contributed by atoms with Gasteiger partial charge in [-0.3, -0.25) is 9.59 Å². The van der Waals surface area contributed by atoms with Crippen LogP contribution in [0.25, 0.3) is 0 Å². The highest BCUT2D eigenvalue weighted by molar-refractivity contribution is 6.37. The van der Waals surface area contributed by atoms with Crippen molar-refractivity contribution in [1.29, 1.82) is 0 Å². The molecule has 3 amide bonds. The fourth-order valence-electron chi connectivity index (χ4n) is 7.35. The maximum Gasteiger partial charge on any atom is 0.410 e. The standard InChI is InChI=1S/C41H50Cl3N5O5/c1-25-18-35(43)38(36(44)19-25)53-31-13-16-47(23-31)37-11-7-28(21-46-37)32-14-17-48(40(52)54-41(3,4)5)24-33(32)39(51)49(30-8-9-30)22-29-20-27(6-10-34(29)42)12-15-45-26(2)50/h6-7,10-11,18-21,30-33H,8-9,12-17,22-24H2,1-5H3,(H,45,50)/t31-,32-,33+/m1/s1. The molecule has 54 heavy (non-hydrogen) atoms. The monoisotopic (exact) mass is 797 g/mol. The number of aryl methyl sites for hydroxylation is 1. The van der Waals surface area contributed by atoms with Crippen LogP contribution in [-0.4, -0.2) is 83.2 Å². The van der Waals surface area contributed by atoms with Gasteiger partial charge in [-0.25, -0.2) is 9.78 Å². The highest BCUT2D eigenvalue weighted by atomic mass is 35.5. The number of halogens is 3. The number of piperidine rings is 1. The Morgan fingerprint density at radius 3 is 2.33 bits per heavy atom. The van der Waals surface area contributed by atoms with Gasteiger partial charge < -0.3 is 29.5 Å². The van der Waals surface area contributed by atoms with Gasteiger partial charge in [-0.1, -0.05) is 53.0 Å². The van der Waals surface area contributed by atoms with Crippen LogP contribution in [0.15, 0.2) is 48.7 Å². The van der Waals surface area contributed by atoms with Crippen molar-refractivity contribution in [2.24, 2.45) is 5.92 Å². The zero-order chi connectivity index (χ0) is 38.7. The molecular formula is C41H50Cl3N5O5. The van der Waals surface area contributed by atoms with E-state index >= 15 is 0 Å². The molecule has 1 aromatic heterocycles. The van der Waals surface area contributed by atoms with E-state index in [0.717, 1.165) is 53.9 Å². The van der Waals surface area contributed by atoms with E-state index in [0.29, 0.717) is 59.8 Å². The zero-order valence-corrected chi connectivity index (χ0v) is 33.9. The first-order valence-corrected chi connectivity index (χ1v) is 19.9. The third kappa shape index (κ3) is 10.1. The molecule has 1 saturated carbocycles. The van der Waals surface area contributed by atoms with Gasteiger partial charge in [0.25, 0.3) is 0 Å². The molecule has 0 bridgehead atoms. The molecule has 2 saturated heterocycles. The second-order valence-corrected chi connectivity index (χ2v) is 17.0. The van der Waals surface area contributed by atoms with E-state index in [4.69, 9.17) is 49.3 Å². The lowest BCUT2D eigenvalue weighted by atomic mass is 9.80. The third-order valence-corrected chi connectivity index (χ3v) is 11.1. The van der Waals surface area contributed by atoms with Crippen molar-refractivity contribution in [3.8, 4) is 5.75 Å². The molecule has 6 rings (SSSR count). The molecule has 3 aliphatic rings. The number of nitrogens with one attached hydrogen (secondary N) is 1. The van der Waals surface area contributed by atoms with Crippen LogP contribution in [-0.2, 0) is 27.3 Å². The molecule has 2 aromatic carbocycles. The maximum absolute atomic E-state index is 14.8. The molecule has 3 heterocycles. The molecular weight excluding hydrogens is 749 g/mol. The maximum atomic E-state index is 14.8. The summed E-state index contributed by atoms with van der Waals surface area (Å²) in [7, 11) is 0. The fourth-order valence-corrected chi connectivity index (χ4v) is 8.22. The highest BCUT2D eigenvalue weighted by Gasteiger charge is 2.43. The minimum Gasteiger partial charge on any atom is -0.485 e. The van der Waals surface area contributed by atoms with Gasteiger partial charge in [0.1, 0.15) is 17.5 Å². The largest absolute Gasteiger partial charge is 0.485 e. The number of nitrogens with zero attached hydrogens (tertiary/aromatic N) is 4. The van der Waals surface area contributed by atoms with E-state index in [-0.39, 0.29) is 36.4 Å². The number of carbonyl (C=O) groups excluding carboxylic acids is 3. The Labute approximate surface area is 333 Å². The summed E-state index contributed by atoms with van der Waals surface area (Å²) in [4.78, 5) is 50.2. The average Bonchev–Trinajstić information content (AvgIpc) is 3.85. The second-order valence-electron chi connectivity index (χ2n) is 15.8. The van der Waals surface area contributed by atoms with Crippen LogP contribution in [0.3, 0.4) is 0 Å². The Balaban J connectivity index is 1.20. The molecule has 0 spiro atoms. The molecule has 10 nitrogen and oxygen atoms in total. The number of pyridine rings is 1. The number of aromatic nitrogens is 1. The van der Waals surface area contributed by atoms with Crippen LogP contribution in [0.4, 0.5) is 10.6 Å². The summed E-state index contributed by atoms with van der Waals surface area (Å²) in [6.45, 7) is 12.0. The number of ether oxygens (including phenoxy) is 2. The smallest absolute Gasteiger partial charge is 0.410 e. The van der Waals surface area contributed by atoms with Gasteiger partial charge in [-0.2, -0.15) is 0 Å². The number of amides is 3. The van der Waals surface area contributed by atoms with Gasteiger partial charge in [0.2, 0.25) is 11.8 Å². The molecule has 2 aliphatic heterocycles. The van der Waals surface area contributed by atoms with Crippen LogP contribution in [0.5, 0.6) is 5.75 Å². The topological polar surface area (TPSA) is 104 Å². The number of rotatable bonds is 11.